The topological polar surface area (TPSA) is 21.1 Å². The Labute approximate surface area is 181 Å². The molecule has 0 N–H and O–H groups in total. The molecular formula is C24H23Cl2N3. The molecular weight excluding hydrogens is 401 g/mol. The van der Waals surface area contributed by atoms with E-state index in [1.54, 1.807) is 0 Å². The second kappa shape index (κ2) is 8.58. The van der Waals surface area contributed by atoms with Crippen molar-refractivity contribution in [3.63, 3.8) is 0 Å². The SMILES string of the molecule is CN(C)CCCn1cc(-c2cncc(-c3cccc(Cl)c3)c2)c2c(Cl)cccc21. The van der Waals surface area contributed by atoms with Crippen LogP contribution in [0, 0.1) is 0 Å². The Kier molecular flexibility index (Phi) is 5.91. The second-order valence-electron chi connectivity index (χ2n) is 7.50. The van der Waals surface area contributed by atoms with Gasteiger partial charge in [-0.2, -0.15) is 0 Å². The van der Waals surface area contributed by atoms with Crippen molar-refractivity contribution in [3.05, 3.63) is 77.2 Å². The predicted molar refractivity (Wildman–Crippen MR) is 124 cm³/mol. The van der Waals surface area contributed by atoms with Crippen molar-refractivity contribution in [2.45, 2.75) is 13.0 Å². The van der Waals surface area contributed by atoms with E-state index >= 15 is 0 Å². The molecule has 0 saturated carbocycles. The summed E-state index contributed by atoms with van der Waals surface area (Å²) in [5, 5.41) is 2.55. The molecule has 4 rings (SSSR count). The van der Waals surface area contributed by atoms with Crippen LogP contribution in [0.25, 0.3) is 33.2 Å². The zero-order valence-electron chi connectivity index (χ0n) is 16.6. The summed E-state index contributed by atoms with van der Waals surface area (Å²) in [6.45, 7) is 1.98. The lowest BCUT2D eigenvalue weighted by Crippen LogP contribution is -2.14. The molecule has 0 aliphatic heterocycles. The van der Waals surface area contributed by atoms with Gasteiger partial charge in [-0.05, 0) is 63.0 Å². The summed E-state index contributed by atoms with van der Waals surface area (Å²) in [7, 11) is 4.20. The molecule has 0 atom stereocenters. The summed E-state index contributed by atoms with van der Waals surface area (Å²) in [6.07, 6.45) is 7.04. The molecule has 0 amide bonds. The summed E-state index contributed by atoms with van der Waals surface area (Å²) in [5.41, 5.74) is 5.39. The maximum absolute atomic E-state index is 6.63. The van der Waals surface area contributed by atoms with Gasteiger partial charge in [0.05, 0.1) is 10.5 Å². The van der Waals surface area contributed by atoms with E-state index in [0.29, 0.717) is 5.02 Å². The van der Waals surface area contributed by atoms with E-state index in [0.717, 1.165) is 57.7 Å². The van der Waals surface area contributed by atoms with Gasteiger partial charge in [0.25, 0.3) is 0 Å². The lowest BCUT2D eigenvalue weighted by atomic mass is 10.0. The first kappa shape index (κ1) is 20.0. The first-order valence-electron chi connectivity index (χ1n) is 9.66. The molecule has 2 aromatic heterocycles. The fraction of sp³-hybridized carbons (Fsp3) is 0.208. The Morgan fingerprint density at radius 3 is 2.52 bits per heavy atom. The lowest BCUT2D eigenvalue weighted by molar-refractivity contribution is 0.388. The summed E-state index contributed by atoms with van der Waals surface area (Å²) in [5.74, 6) is 0. The zero-order chi connectivity index (χ0) is 20.4. The van der Waals surface area contributed by atoms with Crippen LogP contribution in [0.2, 0.25) is 10.0 Å². The van der Waals surface area contributed by atoms with Crippen molar-refractivity contribution in [1.82, 2.24) is 14.5 Å². The predicted octanol–water partition coefficient (Wildman–Crippen LogP) is 6.63. The smallest absolute Gasteiger partial charge is 0.0506 e. The van der Waals surface area contributed by atoms with E-state index in [1.165, 1.54) is 0 Å². The van der Waals surface area contributed by atoms with Gasteiger partial charge in [-0.1, -0.05) is 41.4 Å². The molecule has 29 heavy (non-hydrogen) atoms. The number of halogens is 2. The number of pyridine rings is 1. The molecule has 0 fully saturated rings. The van der Waals surface area contributed by atoms with Crippen LogP contribution in [-0.2, 0) is 6.54 Å². The maximum atomic E-state index is 6.63. The highest BCUT2D eigenvalue weighted by molar-refractivity contribution is 6.36. The van der Waals surface area contributed by atoms with E-state index in [1.807, 2.05) is 48.8 Å². The molecule has 0 aliphatic carbocycles. The lowest BCUT2D eigenvalue weighted by Gasteiger charge is -2.10. The molecule has 0 spiro atoms. The molecule has 0 unspecified atom stereocenters. The van der Waals surface area contributed by atoms with E-state index < -0.39 is 0 Å². The highest BCUT2D eigenvalue weighted by Crippen LogP contribution is 2.37. The molecule has 0 saturated heterocycles. The molecule has 148 valence electrons. The second-order valence-corrected chi connectivity index (χ2v) is 8.34. The Balaban J connectivity index is 1.79. The molecule has 0 radical (unpaired) electrons. The molecule has 2 heterocycles. The number of fused-ring (bicyclic) bond motifs is 1. The van der Waals surface area contributed by atoms with Crippen molar-refractivity contribution >= 4 is 34.1 Å². The molecule has 5 heteroatoms. The zero-order valence-corrected chi connectivity index (χ0v) is 18.1. The van der Waals surface area contributed by atoms with Crippen LogP contribution >= 0.6 is 23.2 Å². The van der Waals surface area contributed by atoms with Gasteiger partial charge >= 0.3 is 0 Å². The van der Waals surface area contributed by atoms with Gasteiger partial charge in [0, 0.05) is 52.2 Å². The molecule has 4 aromatic rings. The van der Waals surface area contributed by atoms with Gasteiger partial charge in [-0.25, -0.2) is 0 Å². The Bertz CT molecular complexity index is 1150. The van der Waals surface area contributed by atoms with Crippen LogP contribution in [0.4, 0.5) is 0 Å². The van der Waals surface area contributed by atoms with Gasteiger partial charge < -0.3 is 9.47 Å². The number of hydrogen-bond acceptors (Lipinski definition) is 2. The summed E-state index contributed by atoms with van der Waals surface area (Å²) in [6, 6.07) is 16.1. The summed E-state index contributed by atoms with van der Waals surface area (Å²) >= 11 is 12.8. The van der Waals surface area contributed by atoms with Crippen LogP contribution in [0.5, 0.6) is 0 Å². The van der Waals surface area contributed by atoms with Crippen LogP contribution in [-0.4, -0.2) is 35.1 Å². The van der Waals surface area contributed by atoms with E-state index in [9.17, 15) is 0 Å². The Morgan fingerprint density at radius 2 is 1.72 bits per heavy atom. The van der Waals surface area contributed by atoms with Crippen LogP contribution in [0.15, 0.2) is 67.1 Å². The molecule has 0 bridgehead atoms. The van der Waals surface area contributed by atoms with Crippen LogP contribution in [0.1, 0.15) is 6.42 Å². The van der Waals surface area contributed by atoms with E-state index in [2.05, 4.69) is 46.9 Å². The number of rotatable bonds is 6. The Hall–Kier alpha value is -2.33. The minimum atomic E-state index is 0.716. The van der Waals surface area contributed by atoms with Gasteiger partial charge in [0.1, 0.15) is 0 Å². The summed E-state index contributed by atoms with van der Waals surface area (Å²) in [4.78, 5) is 6.70. The number of hydrogen-bond donors (Lipinski definition) is 0. The van der Waals surface area contributed by atoms with Crippen molar-refractivity contribution in [2.24, 2.45) is 0 Å². The quantitative estimate of drug-likeness (QED) is 0.346. The average molecular weight is 424 g/mol. The average Bonchev–Trinajstić information content (AvgIpc) is 3.08. The van der Waals surface area contributed by atoms with Crippen molar-refractivity contribution < 1.29 is 0 Å². The largest absolute Gasteiger partial charge is 0.347 e. The fourth-order valence-corrected chi connectivity index (χ4v) is 4.14. The van der Waals surface area contributed by atoms with Gasteiger partial charge in [0.2, 0.25) is 0 Å². The van der Waals surface area contributed by atoms with Crippen LogP contribution in [0.3, 0.4) is 0 Å². The highest BCUT2D eigenvalue weighted by Gasteiger charge is 2.14. The minimum Gasteiger partial charge on any atom is -0.347 e. The van der Waals surface area contributed by atoms with Gasteiger partial charge in [-0.15, -0.1) is 0 Å². The third kappa shape index (κ3) is 4.32. The monoisotopic (exact) mass is 423 g/mol. The van der Waals surface area contributed by atoms with Gasteiger partial charge in [0.15, 0.2) is 0 Å². The summed E-state index contributed by atoms with van der Waals surface area (Å²) < 4.78 is 2.30. The maximum Gasteiger partial charge on any atom is 0.0506 e. The van der Waals surface area contributed by atoms with Crippen molar-refractivity contribution in [1.29, 1.82) is 0 Å². The number of nitrogens with zero attached hydrogens (tertiary/aromatic N) is 3. The first-order chi connectivity index (χ1) is 14.0. The van der Waals surface area contributed by atoms with E-state index in [4.69, 9.17) is 23.2 Å². The number of benzene rings is 2. The minimum absolute atomic E-state index is 0.716. The van der Waals surface area contributed by atoms with Crippen molar-refractivity contribution in [3.8, 4) is 22.3 Å². The number of aromatic nitrogens is 2. The first-order valence-corrected chi connectivity index (χ1v) is 10.4. The standard InChI is InChI=1S/C24H23Cl2N3/c1-28(2)10-5-11-29-16-21(24-22(26)8-4-9-23(24)29)19-12-18(14-27-15-19)17-6-3-7-20(25)13-17/h3-4,6-9,12-16H,5,10-11H2,1-2H3. The fourth-order valence-electron chi connectivity index (χ4n) is 3.68. The third-order valence-corrected chi connectivity index (χ3v) is 5.62. The molecule has 2 aromatic carbocycles. The van der Waals surface area contributed by atoms with Gasteiger partial charge in [-0.3, -0.25) is 4.98 Å². The normalized spacial score (nSPS) is 11.5. The Morgan fingerprint density at radius 1 is 0.931 bits per heavy atom. The highest BCUT2D eigenvalue weighted by atomic mass is 35.5. The van der Waals surface area contributed by atoms with E-state index in [-0.39, 0.29) is 0 Å². The van der Waals surface area contributed by atoms with Crippen molar-refractivity contribution in [2.75, 3.05) is 20.6 Å². The third-order valence-electron chi connectivity index (χ3n) is 5.07. The van der Waals surface area contributed by atoms with Crippen LogP contribution < -0.4 is 0 Å². The molecule has 3 nitrogen and oxygen atoms in total. The number of aryl methyl sites for hydroxylation is 1. The molecule has 0 aliphatic rings.